The molecular weight excluding hydrogens is 276 g/mol. The van der Waals surface area contributed by atoms with Crippen LogP contribution in [-0.2, 0) is 6.42 Å². The summed E-state index contributed by atoms with van der Waals surface area (Å²) in [6.07, 6.45) is 0.964. The summed E-state index contributed by atoms with van der Waals surface area (Å²) in [6, 6.07) is 14.6. The molecule has 0 radical (unpaired) electrons. The van der Waals surface area contributed by atoms with E-state index in [1.807, 2.05) is 24.3 Å². The molecule has 0 aliphatic heterocycles. The van der Waals surface area contributed by atoms with E-state index in [9.17, 15) is 4.79 Å². The van der Waals surface area contributed by atoms with Gasteiger partial charge < -0.3 is 9.47 Å². The number of carbonyl (C=O) groups excluding carboxylic acids is 1. The fraction of sp³-hybridized carbons (Fsp3) is 0.316. The van der Waals surface area contributed by atoms with Crippen LogP contribution in [0, 0.1) is 5.92 Å². The lowest BCUT2D eigenvalue weighted by molar-refractivity contribution is 0.0734. The maximum atomic E-state index is 12.1. The SMILES string of the molecule is CCc1ccc(OC(=O)c2ccc(OCC(C)C)cc2)cc1. The van der Waals surface area contributed by atoms with Gasteiger partial charge in [-0.25, -0.2) is 4.79 Å². The quantitative estimate of drug-likeness (QED) is 0.581. The molecule has 0 atom stereocenters. The summed E-state index contributed by atoms with van der Waals surface area (Å²) in [5.41, 5.74) is 1.72. The first-order chi connectivity index (χ1) is 10.6. The summed E-state index contributed by atoms with van der Waals surface area (Å²) in [5, 5.41) is 0. The van der Waals surface area contributed by atoms with E-state index >= 15 is 0 Å². The van der Waals surface area contributed by atoms with Crippen LogP contribution in [0.2, 0.25) is 0 Å². The van der Waals surface area contributed by atoms with Crippen molar-refractivity contribution in [1.29, 1.82) is 0 Å². The number of benzene rings is 2. The van der Waals surface area contributed by atoms with E-state index < -0.39 is 0 Å². The lowest BCUT2D eigenvalue weighted by Crippen LogP contribution is -2.09. The normalized spacial score (nSPS) is 10.5. The third-order valence-electron chi connectivity index (χ3n) is 3.22. The van der Waals surface area contributed by atoms with Gasteiger partial charge in [-0.1, -0.05) is 32.9 Å². The molecule has 2 rings (SSSR count). The van der Waals surface area contributed by atoms with Gasteiger partial charge in [0.05, 0.1) is 12.2 Å². The van der Waals surface area contributed by atoms with E-state index in [0.29, 0.717) is 23.8 Å². The van der Waals surface area contributed by atoms with Crippen LogP contribution in [-0.4, -0.2) is 12.6 Å². The Labute approximate surface area is 131 Å². The van der Waals surface area contributed by atoms with Crippen molar-refractivity contribution in [3.8, 4) is 11.5 Å². The first kappa shape index (κ1) is 16.1. The Kier molecular flexibility index (Phi) is 5.59. The van der Waals surface area contributed by atoms with Gasteiger partial charge in [0.15, 0.2) is 0 Å². The van der Waals surface area contributed by atoms with Crippen LogP contribution >= 0.6 is 0 Å². The summed E-state index contributed by atoms with van der Waals surface area (Å²) in [7, 11) is 0. The molecule has 0 N–H and O–H groups in total. The smallest absolute Gasteiger partial charge is 0.343 e. The fourth-order valence-electron chi connectivity index (χ4n) is 1.91. The van der Waals surface area contributed by atoms with Crippen LogP contribution in [0.25, 0.3) is 0 Å². The Balaban J connectivity index is 1.96. The zero-order valence-electron chi connectivity index (χ0n) is 13.3. The van der Waals surface area contributed by atoms with Crippen LogP contribution in [0.4, 0.5) is 0 Å². The molecule has 0 bridgehead atoms. The molecule has 0 spiro atoms. The van der Waals surface area contributed by atoms with Gasteiger partial charge in [0.25, 0.3) is 0 Å². The molecule has 22 heavy (non-hydrogen) atoms. The lowest BCUT2D eigenvalue weighted by atomic mass is 10.2. The van der Waals surface area contributed by atoms with Crippen molar-refractivity contribution in [3.05, 3.63) is 59.7 Å². The highest BCUT2D eigenvalue weighted by Crippen LogP contribution is 2.17. The number of rotatable bonds is 6. The van der Waals surface area contributed by atoms with Crippen molar-refractivity contribution >= 4 is 5.97 Å². The number of aryl methyl sites for hydroxylation is 1. The molecule has 116 valence electrons. The van der Waals surface area contributed by atoms with Crippen LogP contribution in [0.15, 0.2) is 48.5 Å². The zero-order valence-corrected chi connectivity index (χ0v) is 13.3. The monoisotopic (exact) mass is 298 g/mol. The molecule has 0 fully saturated rings. The van der Waals surface area contributed by atoms with Crippen LogP contribution in [0.5, 0.6) is 11.5 Å². The van der Waals surface area contributed by atoms with Gasteiger partial charge in [-0.2, -0.15) is 0 Å². The van der Waals surface area contributed by atoms with E-state index in [2.05, 4.69) is 20.8 Å². The van der Waals surface area contributed by atoms with Crippen LogP contribution in [0.1, 0.15) is 36.7 Å². The number of hydrogen-bond acceptors (Lipinski definition) is 3. The fourth-order valence-corrected chi connectivity index (χ4v) is 1.91. The molecule has 0 saturated carbocycles. The average Bonchev–Trinajstić information content (AvgIpc) is 2.54. The molecule has 0 unspecified atom stereocenters. The van der Waals surface area contributed by atoms with Gasteiger partial charge in [0.2, 0.25) is 0 Å². The van der Waals surface area contributed by atoms with Gasteiger partial charge in [0, 0.05) is 0 Å². The standard InChI is InChI=1S/C19H22O3/c1-4-15-5-9-18(10-6-15)22-19(20)16-7-11-17(12-8-16)21-13-14(2)3/h5-12,14H,4,13H2,1-3H3. The lowest BCUT2D eigenvalue weighted by Gasteiger charge is -2.09. The molecule has 2 aromatic carbocycles. The molecule has 3 heteroatoms. The van der Waals surface area contributed by atoms with E-state index in [1.54, 1.807) is 24.3 Å². The summed E-state index contributed by atoms with van der Waals surface area (Å²) in [5.74, 6) is 1.43. The molecular formula is C19H22O3. The summed E-state index contributed by atoms with van der Waals surface area (Å²) < 4.78 is 11.0. The molecule has 0 aliphatic carbocycles. The van der Waals surface area contributed by atoms with E-state index in [1.165, 1.54) is 5.56 Å². The Morgan fingerprint density at radius 2 is 1.55 bits per heavy atom. The molecule has 0 aliphatic rings. The number of esters is 1. The maximum Gasteiger partial charge on any atom is 0.343 e. The Hall–Kier alpha value is -2.29. The predicted octanol–water partition coefficient (Wildman–Crippen LogP) is 4.50. The van der Waals surface area contributed by atoms with Gasteiger partial charge in [0.1, 0.15) is 11.5 Å². The minimum Gasteiger partial charge on any atom is -0.493 e. The maximum absolute atomic E-state index is 12.1. The third-order valence-corrected chi connectivity index (χ3v) is 3.22. The van der Waals surface area contributed by atoms with E-state index in [4.69, 9.17) is 9.47 Å². The highest BCUT2D eigenvalue weighted by atomic mass is 16.5. The Morgan fingerprint density at radius 1 is 0.955 bits per heavy atom. The van der Waals surface area contributed by atoms with Crippen molar-refractivity contribution < 1.29 is 14.3 Å². The van der Waals surface area contributed by atoms with Crippen LogP contribution in [0.3, 0.4) is 0 Å². The second-order valence-corrected chi connectivity index (χ2v) is 5.62. The van der Waals surface area contributed by atoms with Crippen molar-refractivity contribution in [2.75, 3.05) is 6.61 Å². The van der Waals surface area contributed by atoms with Gasteiger partial charge in [-0.15, -0.1) is 0 Å². The minimum atomic E-state index is -0.361. The van der Waals surface area contributed by atoms with Crippen molar-refractivity contribution in [1.82, 2.24) is 0 Å². The Morgan fingerprint density at radius 3 is 2.09 bits per heavy atom. The highest BCUT2D eigenvalue weighted by molar-refractivity contribution is 5.91. The Bertz CT molecular complexity index is 598. The molecule has 0 amide bonds. The first-order valence-electron chi connectivity index (χ1n) is 7.62. The molecule has 0 heterocycles. The van der Waals surface area contributed by atoms with Gasteiger partial charge >= 0.3 is 5.97 Å². The number of hydrogen-bond donors (Lipinski definition) is 0. The van der Waals surface area contributed by atoms with Gasteiger partial charge in [-0.05, 0) is 54.3 Å². The number of ether oxygens (including phenoxy) is 2. The molecule has 3 nitrogen and oxygen atoms in total. The van der Waals surface area contributed by atoms with E-state index in [0.717, 1.165) is 12.2 Å². The summed E-state index contributed by atoms with van der Waals surface area (Å²) >= 11 is 0. The topological polar surface area (TPSA) is 35.5 Å². The number of carbonyl (C=O) groups is 1. The van der Waals surface area contributed by atoms with Crippen LogP contribution < -0.4 is 9.47 Å². The highest BCUT2D eigenvalue weighted by Gasteiger charge is 2.09. The molecule has 0 aromatic heterocycles. The first-order valence-corrected chi connectivity index (χ1v) is 7.62. The van der Waals surface area contributed by atoms with Crippen molar-refractivity contribution in [2.24, 2.45) is 5.92 Å². The third kappa shape index (κ3) is 4.62. The van der Waals surface area contributed by atoms with Gasteiger partial charge in [-0.3, -0.25) is 0 Å². The minimum absolute atomic E-state index is 0.361. The van der Waals surface area contributed by atoms with E-state index in [-0.39, 0.29) is 5.97 Å². The molecule has 2 aromatic rings. The second-order valence-electron chi connectivity index (χ2n) is 5.62. The largest absolute Gasteiger partial charge is 0.493 e. The van der Waals surface area contributed by atoms with Crippen molar-refractivity contribution in [3.63, 3.8) is 0 Å². The molecule has 0 saturated heterocycles. The summed E-state index contributed by atoms with van der Waals surface area (Å²) in [6.45, 7) is 6.93. The predicted molar refractivity (Wildman–Crippen MR) is 87.6 cm³/mol. The second kappa shape index (κ2) is 7.64. The summed E-state index contributed by atoms with van der Waals surface area (Å²) in [4.78, 5) is 12.1. The average molecular weight is 298 g/mol. The zero-order chi connectivity index (χ0) is 15.9. The van der Waals surface area contributed by atoms with Crippen molar-refractivity contribution in [2.45, 2.75) is 27.2 Å².